The summed E-state index contributed by atoms with van der Waals surface area (Å²) in [5.74, 6) is 0. The zero-order valence-electron chi connectivity index (χ0n) is 20.3. The Morgan fingerprint density at radius 3 is 1.97 bits per heavy atom. The summed E-state index contributed by atoms with van der Waals surface area (Å²) >= 11 is 0. The van der Waals surface area contributed by atoms with Crippen molar-refractivity contribution in [3.63, 3.8) is 0 Å². The highest BCUT2D eigenvalue weighted by Crippen LogP contribution is 2.30. The predicted octanol–water partition coefficient (Wildman–Crippen LogP) is -2.35. The fraction of sp³-hybridized carbons (Fsp3) is 1.00. The van der Waals surface area contributed by atoms with Crippen molar-refractivity contribution in [1.82, 2.24) is 0 Å². The zero-order valence-corrected chi connectivity index (χ0v) is 20.3. The molecule has 0 saturated carbocycles. The van der Waals surface area contributed by atoms with Gasteiger partial charge < -0.3 is 59.4 Å². The second kappa shape index (κ2) is 13.2. The van der Waals surface area contributed by atoms with Crippen LogP contribution in [0.15, 0.2) is 0 Å². The van der Waals surface area contributed by atoms with Gasteiger partial charge in [-0.3, -0.25) is 0 Å². The number of aliphatic hydroxyl groups excluding tert-OH is 7. The molecular formula is C22H42O12. The molecule has 0 radical (unpaired) electrons. The summed E-state index contributed by atoms with van der Waals surface area (Å²) in [6.45, 7) is 7.29. The highest BCUT2D eigenvalue weighted by atomic mass is 16.7. The number of ether oxygens (including phenoxy) is 5. The Bertz CT molecular complexity index is 586. The van der Waals surface area contributed by atoms with Crippen molar-refractivity contribution in [1.29, 1.82) is 0 Å². The van der Waals surface area contributed by atoms with E-state index in [-0.39, 0.29) is 19.1 Å². The maximum atomic E-state index is 10.7. The van der Waals surface area contributed by atoms with Crippen molar-refractivity contribution in [3.8, 4) is 0 Å². The Morgan fingerprint density at radius 2 is 1.38 bits per heavy atom. The molecule has 2 aliphatic rings. The lowest BCUT2D eigenvalue weighted by molar-refractivity contribution is -0.342. The van der Waals surface area contributed by atoms with Crippen LogP contribution in [0.25, 0.3) is 0 Å². The molecule has 2 fully saturated rings. The lowest BCUT2D eigenvalue weighted by Gasteiger charge is -2.46. The summed E-state index contributed by atoms with van der Waals surface area (Å²) < 4.78 is 28.0. The van der Waals surface area contributed by atoms with Crippen molar-refractivity contribution in [2.45, 2.75) is 113 Å². The molecule has 0 spiro atoms. The first-order valence-corrected chi connectivity index (χ1v) is 11.8. The van der Waals surface area contributed by atoms with E-state index < -0.39 is 80.0 Å². The van der Waals surface area contributed by atoms with E-state index >= 15 is 0 Å². The van der Waals surface area contributed by atoms with E-state index in [0.29, 0.717) is 13.0 Å². The standard InChI is InChI=1S/C22H42O12/c1-11(2)30-8-6-22(3,4)31-7-5-12-15(25)18(28)20(14(10-24)32-12)34-21-19(29)17(27)16(26)13(9-23)33-21/h11-21,23-29H,5-10H2,1-4H3/t12-,13?,14?,15?,16-,17?,18?,19?,20+,21-/m0/s1. The van der Waals surface area contributed by atoms with Gasteiger partial charge in [-0.1, -0.05) is 0 Å². The molecule has 2 aliphatic heterocycles. The molecule has 12 nitrogen and oxygen atoms in total. The van der Waals surface area contributed by atoms with Crippen LogP contribution < -0.4 is 0 Å². The van der Waals surface area contributed by atoms with E-state index in [0.717, 1.165) is 0 Å². The largest absolute Gasteiger partial charge is 0.394 e. The van der Waals surface area contributed by atoms with Crippen LogP contribution in [0.4, 0.5) is 0 Å². The van der Waals surface area contributed by atoms with Gasteiger partial charge >= 0.3 is 0 Å². The minimum Gasteiger partial charge on any atom is -0.394 e. The molecule has 0 aliphatic carbocycles. The fourth-order valence-electron chi connectivity index (χ4n) is 3.97. The van der Waals surface area contributed by atoms with Crippen molar-refractivity contribution < 1.29 is 59.4 Å². The molecule has 202 valence electrons. The van der Waals surface area contributed by atoms with Crippen LogP contribution in [0.3, 0.4) is 0 Å². The molecule has 6 unspecified atom stereocenters. The third-order valence-electron chi connectivity index (χ3n) is 6.15. The predicted molar refractivity (Wildman–Crippen MR) is 117 cm³/mol. The van der Waals surface area contributed by atoms with Crippen LogP contribution >= 0.6 is 0 Å². The first-order valence-electron chi connectivity index (χ1n) is 11.8. The second-order valence-electron chi connectivity index (χ2n) is 9.74. The molecular weight excluding hydrogens is 456 g/mol. The van der Waals surface area contributed by atoms with Gasteiger partial charge in [0.05, 0.1) is 31.0 Å². The molecule has 0 aromatic heterocycles. The number of hydrogen-bond acceptors (Lipinski definition) is 12. The summed E-state index contributed by atoms with van der Waals surface area (Å²) in [4.78, 5) is 0. The molecule has 7 N–H and O–H groups in total. The van der Waals surface area contributed by atoms with E-state index in [9.17, 15) is 35.7 Å². The van der Waals surface area contributed by atoms with Gasteiger partial charge in [0.2, 0.25) is 0 Å². The SMILES string of the molecule is CC(C)OCCC(C)(C)OCC[C@@H]1OC(CO)[C@@H](O[C@@H]2OC(CO)[C@H](O)C(O)C2O)C(O)C1O. The minimum absolute atomic E-state index is 0.122. The van der Waals surface area contributed by atoms with Gasteiger partial charge in [-0.15, -0.1) is 0 Å². The molecule has 0 aromatic carbocycles. The van der Waals surface area contributed by atoms with Crippen molar-refractivity contribution in [2.24, 2.45) is 0 Å². The molecule has 2 heterocycles. The van der Waals surface area contributed by atoms with Crippen LogP contribution in [-0.4, -0.2) is 135 Å². The Labute approximate surface area is 200 Å². The Morgan fingerprint density at radius 1 is 0.765 bits per heavy atom. The smallest absolute Gasteiger partial charge is 0.187 e. The topological polar surface area (TPSA) is 188 Å². The van der Waals surface area contributed by atoms with Gasteiger partial charge in [0.25, 0.3) is 0 Å². The van der Waals surface area contributed by atoms with Gasteiger partial charge in [-0.05, 0) is 40.5 Å². The lowest BCUT2D eigenvalue weighted by atomic mass is 9.93. The van der Waals surface area contributed by atoms with Crippen LogP contribution in [-0.2, 0) is 23.7 Å². The van der Waals surface area contributed by atoms with Gasteiger partial charge in [0.1, 0.15) is 48.8 Å². The average Bonchev–Trinajstić information content (AvgIpc) is 2.77. The first-order chi connectivity index (χ1) is 15.9. The van der Waals surface area contributed by atoms with E-state index in [1.807, 2.05) is 27.7 Å². The Balaban J connectivity index is 1.93. The summed E-state index contributed by atoms with van der Waals surface area (Å²) in [5.41, 5.74) is -0.474. The highest BCUT2D eigenvalue weighted by molar-refractivity contribution is 4.95. The summed E-state index contributed by atoms with van der Waals surface area (Å²) in [7, 11) is 0. The number of rotatable bonds is 12. The summed E-state index contributed by atoms with van der Waals surface area (Å²) in [6, 6.07) is 0. The average molecular weight is 499 g/mol. The molecule has 0 amide bonds. The van der Waals surface area contributed by atoms with Crippen LogP contribution in [0, 0.1) is 0 Å². The molecule has 0 bridgehead atoms. The zero-order chi connectivity index (χ0) is 25.6. The maximum Gasteiger partial charge on any atom is 0.187 e. The third-order valence-corrected chi connectivity index (χ3v) is 6.15. The van der Waals surface area contributed by atoms with Gasteiger partial charge in [0.15, 0.2) is 6.29 Å². The van der Waals surface area contributed by atoms with E-state index in [1.165, 1.54) is 0 Å². The van der Waals surface area contributed by atoms with Crippen molar-refractivity contribution in [2.75, 3.05) is 26.4 Å². The molecule has 34 heavy (non-hydrogen) atoms. The Kier molecular flexibility index (Phi) is 11.5. The van der Waals surface area contributed by atoms with Gasteiger partial charge in [0, 0.05) is 13.2 Å². The minimum atomic E-state index is -1.70. The highest BCUT2D eigenvalue weighted by Gasteiger charge is 2.50. The van der Waals surface area contributed by atoms with Gasteiger partial charge in [-0.25, -0.2) is 0 Å². The van der Waals surface area contributed by atoms with E-state index in [1.54, 1.807) is 0 Å². The molecule has 0 aromatic rings. The summed E-state index contributed by atoms with van der Waals surface area (Å²) in [5, 5.41) is 70.4. The molecule has 12 heteroatoms. The van der Waals surface area contributed by atoms with Crippen LogP contribution in [0.2, 0.25) is 0 Å². The van der Waals surface area contributed by atoms with Crippen molar-refractivity contribution >= 4 is 0 Å². The molecule has 2 saturated heterocycles. The monoisotopic (exact) mass is 498 g/mol. The second-order valence-corrected chi connectivity index (χ2v) is 9.74. The molecule has 2 rings (SSSR count). The maximum absolute atomic E-state index is 10.7. The van der Waals surface area contributed by atoms with Gasteiger partial charge in [-0.2, -0.15) is 0 Å². The Hall–Kier alpha value is -0.480. The van der Waals surface area contributed by atoms with Crippen LogP contribution in [0.1, 0.15) is 40.5 Å². The lowest BCUT2D eigenvalue weighted by Crippen LogP contribution is -2.64. The quantitative estimate of drug-likeness (QED) is 0.152. The van der Waals surface area contributed by atoms with Crippen LogP contribution in [0.5, 0.6) is 0 Å². The fourth-order valence-corrected chi connectivity index (χ4v) is 3.97. The van der Waals surface area contributed by atoms with E-state index in [2.05, 4.69) is 0 Å². The first kappa shape index (κ1) is 29.7. The van der Waals surface area contributed by atoms with E-state index in [4.69, 9.17) is 23.7 Å². The third kappa shape index (κ3) is 7.76. The van der Waals surface area contributed by atoms with Crippen molar-refractivity contribution in [3.05, 3.63) is 0 Å². The normalized spacial score (nSPS) is 39.5. The molecule has 10 atom stereocenters. The summed E-state index contributed by atoms with van der Waals surface area (Å²) in [6.07, 6.45) is -12.8. The number of aliphatic hydroxyl groups is 7. The number of hydrogen-bond donors (Lipinski definition) is 7.